The minimum absolute atomic E-state index is 0.219. The van der Waals surface area contributed by atoms with Crippen LogP contribution < -0.4 is 15.8 Å². The highest BCUT2D eigenvalue weighted by molar-refractivity contribution is 5.99. The van der Waals surface area contributed by atoms with Crippen molar-refractivity contribution in [1.29, 1.82) is 0 Å². The number of nitrogens with two attached hydrogens (primary N) is 1. The SMILES string of the molecule is NCC#Cc1cccc(OCCN2CC(=O)NC(=O)C2)c1. The zero-order valence-electron chi connectivity index (χ0n) is 11.6. The van der Waals surface area contributed by atoms with Crippen LogP contribution in [0.1, 0.15) is 5.56 Å². The van der Waals surface area contributed by atoms with Crippen LogP contribution >= 0.6 is 0 Å². The van der Waals surface area contributed by atoms with Gasteiger partial charge in [0.25, 0.3) is 0 Å². The lowest BCUT2D eigenvalue weighted by atomic mass is 10.2. The van der Waals surface area contributed by atoms with Crippen LogP contribution in [0.25, 0.3) is 0 Å². The van der Waals surface area contributed by atoms with Crippen molar-refractivity contribution in [1.82, 2.24) is 10.2 Å². The summed E-state index contributed by atoms with van der Waals surface area (Å²) in [5.74, 6) is 5.87. The Hall–Kier alpha value is -2.36. The van der Waals surface area contributed by atoms with Crippen LogP contribution in [-0.4, -0.2) is 49.5 Å². The van der Waals surface area contributed by atoms with Crippen molar-refractivity contribution in [2.45, 2.75) is 0 Å². The Labute approximate surface area is 123 Å². The first-order valence-corrected chi connectivity index (χ1v) is 6.64. The maximum absolute atomic E-state index is 11.2. The molecule has 2 rings (SSSR count). The molecule has 0 atom stereocenters. The standard InChI is InChI=1S/C15H17N3O3/c16-6-2-4-12-3-1-5-13(9-12)21-8-7-18-10-14(19)17-15(20)11-18/h1,3,5,9H,6-8,10-11,16H2,(H,17,19,20). The summed E-state index contributed by atoms with van der Waals surface area (Å²) in [7, 11) is 0. The highest BCUT2D eigenvalue weighted by atomic mass is 16.5. The molecule has 110 valence electrons. The van der Waals surface area contributed by atoms with Crippen molar-refractivity contribution in [2.24, 2.45) is 5.73 Å². The van der Waals surface area contributed by atoms with E-state index in [9.17, 15) is 9.59 Å². The van der Waals surface area contributed by atoms with Crippen molar-refractivity contribution in [3.05, 3.63) is 29.8 Å². The summed E-state index contributed by atoms with van der Waals surface area (Å²) in [6.45, 7) is 1.66. The molecule has 2 amide bonds. The van der Waals surface area contributed by atoms with Crippen LogP contribution in [0.3, 0.4) is 0 Å². The van der Waals surface area contributed by atoms with Crippen LogP contribution in [0.2, 0.25) is 0 Å². The van der Waals surface area contributed by atoms with Gasteiger partial charge in [0.2, 0.25) is 11.8 Å². The largest absolute Gasteiger partial charge is 0.492 e. The van der Waals surface area contributed by atoms with Gasteiger partial charge < -0.3 is 10.5 Å². The fraction of sp³-hybridized carbons (Fsp3) is 0.333. The fourth-order valence-corrected chi connectivity index (χ4v) is 1.96. The predicted molar refractivity (Wildman–Crippen MR) is 77.5 cm³/mol. The number of piperazine rings is 1. The molecule has 0 aromatic heterocycles. The van der Waals surface area contributed by atoms with E-state index < -0.39 is 0 Å². The van der Waals surface area contributed by atoms with Gasteiger partial charge in [-0.3, -0.25) is 19.8 Å². The maximum atomic E-state index is 11.2. The Kier molecular flexibility index (Phi) is 5.32. The number of carbonyl (C=O) groups is 2. The first kappa shape index (κ1) is 15.0. The predicted octanol–water partition coefficient (Wildman–Crippen LogP) is -0.666. The average Bonchev–Trinajstić information content (AvgIpc) is 2.44. The molecular weight excluding hydrogens is 270 g/mol. The molecule has 1 fully saturated rings. The minimum Gasteiger partial charge on any atom is -0.492 e. The van der Waals surface area contributed by atoms with E-state index in [0.717, 1.165) is 5.56 Å². The summed E-state index contributed by atoms with van der Waals surface area (Å²) >= 11 is 0. The van der Waals surface area contributed by atoms with Crippen LogP contribution in [0.5, 0.6) is 5.75 Å². The van der Waals surface area contributed by atoms with E-state index in [1.54, 1.807) is 4.90 Å². The number of ether oxygens (including phenoxy) is 1. The summed E-state index contributed by atoms with van der Waals surface area (Å²) in [6.07, 6.45) is 0. The lowest BCUT2D eigenvalue weighted by Gasteiger charge is -2.24. The van der Waals surface area contributed by atoms with Crippen LogP contribution in [0.4, 0.5) is 0 Å². The topological polar surface area (TPSA) is 84.7 Å². The molecule has 1 aromatic carbocycles. The summed E-state index contributed by atoms with van der Waals surface area (Å²) in [6, 6.07) is 7.40. The van der Waals surface area contributed by atoms with Gasteiger partial charge in [-0.1, -0.05) is 17.9 Å². The van der Waals surface area contributed by atoms with Gasteiger partial charge >= 0.3 is 0 Å². The number of amides is 2. The van der Waals surface area contributed by atoms with E-state index in [0.29, 0.717) is 25.4 Å². The van der Waals surface area contributed by atoms with Crippen molar-refractivity contribution < 1.29 is 14.3 Å². The van der Waals surface area contributed by atoms with Gasteiger partial charge in [-0.05, 0) is 18.2 Å². The minimum atomic E-state index is -0.273. The zero-order chi connectivity index (χ0) is 15.1. The normalized spacial score (nSPS) is 15.1. The second kappa shape index (κ2) is 7.43. The van der Waals surface area contributed by atoms with Gasteiger partial charge in [0.05, 0.1) is 19.6 Å². The molecule has 1 saturated heterocycles. The maximum Gasteiger partial charge on any atom is 0.240 e. The lowest BCUT2D eigenvalue weighted by molar-refractivity contribution is -0.136. The highest BCUT2D eigenvalue weighted by Crippen LogP contribution is 2.12. The number of imide groups is 1. The zero-order valence-corrected chi connectivity index (χ0v) is 11.6. The molecule has 0 radical (unpaired) electrons. The van der Waals surface area contributed by atoms with Gasteiger partial charge in [0, 0.05) is 12.1 Å². The first-order chi connectivity index (χ1) is 10.2. The number of nitrogens with one attached hydrogen (secondary N) is 1. The van der Waals surface area contributed by atoms with Gasteiger partial charge in [0.15, 0.2) is 0 Å². The number of rotatable bonds is 4. The third-order valence-electron chi connectivity index (χ3n) is 2.86. The van der Waals surface area contributed by atoms with Crippen molar-refractivity contribution in [3.8, 4) is 17.6 Å². The van der Waals surface area contributed by atoms with E-state index in [2.05, 4.69) is 17.2 Å². The third-order valence-corrected chi connectivity index (χ3v) is 2.86. The van der Waals surface area contributed by atoms with E-state index in [1.807, 2.05) is 24.3 Å². The quantitative estimate of drug-likeness (QED) is 0.567. The van der Waals surface area contributed by atoms with Gasteiger partial charge in [0.1, 0.15) is 12.4 Å². The molecule has 6 nitrogen and oxygen atoms in total. The number of nitrogens with zero attached hydrogens (tertiary/aromatic N) is 1. The Morgan fingerprint density at radius 2 is 2.05 bits per heavy atom. The molecule has 0 saturated carbocycles. The molecule has 1 heterocycles. The van der Waals surface area contributed by atoms with E-state index in [4.69, 9.17) is 10.5 Å². The van der Waals surface area contributed by atoms with E-state index in [-0.39, 0.29) is 24.9 Å². The number of hydrogen-bond donors (Lipinski definition) is 2. The van der Waals surface area contributed by atoms with Crippen LogP contribution in [0, 0.1) is 11.8 Å². The highest BCUT2D eigenvalue weighted by Gasteiger charge is 2.21. The fourth-order valence-electron chi connectivity index (χ4n) is 1.96. The molecule has 1 aliphatic heterocycles. The average molecular weight is 287 g/mol. The molecular formula is C15H17N3O3. The van der Waals surface area contributed by atoms with Gasteiger partial charge in [-0.25, -0.2) is 0 Å². The van der Waals surface area contributed by atoms with Crippen LogP contribution in [-0.2, 0) is 9.59 Å². The summed E-state index contributed by atoms with van der Waals surface area (Å²) < 4.78 is 5.62. The Morgan fingerprint density at radius 3 is 2.76 bits per heavy atom. The Morgan fingerprint density at radius 1 is 1.29 bits per heavy atom. The smallest absolute Gasteiger partial charge is 0.240 e. The number of hydrogen-bond acceptors (Lipinski definition) is 5. The lowest BCUT2D eigenvalue weighted by Crippen LogP contribution is -2.52. The second-order valence-electron chi connectivity index (χ2n) is 4.56. The molecule has 0 aliphatic carbocycles. The number of carbonyl (C=O) groups excluding carboxylic acids is 2. The monoisotopic (exact) mass is 287 g/mol. The molecule has 21 heavy (non-hydrogen) atoms. The van der Waals surface area contributed by atoms with E-state index >= 15 is 0 Å². The third kappa shape index (κ3) is 4.91. The number of benzene rings is 1. The van der Waals surface area contributed by atoms with Crippen LogP contribution in [0.15, 0.2) is 24.3 Å². The summed E-state index contributed by atoms with van der Waals surface area (Å²) in [5.41, 5.74) is 6.17. The molecule has 0 bridgehead atoms. The van der Waals surface area contributed by atoms with Crippen molar-refractivity contribution in [2.75, 3.05) is 32.8 Å². The summed E-state index contributed by atoms with van der Waals surface area (Å²) in [4.78, 5) is 24.2. The molecule has 1 aromatic rings. The van der Waals surface area contributed by atoms with Crippen molar-refractivity contribution >= 4 is 11.8 Å². The Bertz CT molecular complexity index is 573. The first-order valence-electron chi connectivity index (χ1n) is 6.64. The summed E-state index contributed by atoms with van der Waals surface area (Å²) in [5, 5.41) is 2.26. The van der Waals surface area contributed by atoms with Gasteiger partial charge in [-0.2, -0.15) is 0 Å². The second-order valence-corrected chi connectivity index (χ2v) is 4.56. The molecule has 0 unspecified atom stereocenters. The molecule has 0 spiro atoms. The van der Waals surface area contributed by atoms with Crippen molar-refractivity contribution in [3.63, 3.8) is 0 Å². The molecule has 3 N–H and O–H groups in total. The molecule has 1 aliphatic rings. The van der Waals surface area contributed by atoms with Gasteiger partial charge in [-0.15, -0.1) is 0 Å². The molecule has 6 heteroatoms. The Balaban J connectivity index is 1.83. The van der Waals surface area contributed by atoms with E-state index in [1.165, 1.54) is 0 Å².